The van der Waals surface area contributed by atoms with E-state index in [1.165, 1.54) is 18.2 Å². The number of rotatable bonds is 4. The molecule has 1 fully saturated rings. The first kappa shape index (κ1) is 17.2. The summed E-state index contributed by atoms with van der Waals surface area (Å²) in [5, 5.41) is 2.89. The topological polar surface area (TPSA) is 58.4 Å². The summed E-state index contributed by atoms with van der Waals surface area (Å²) in [7, 11) is 0. The number of nitrogens with one attached hydrogen (secondary N) is 1. The van der Waals surface area contributed by atoms with Crippen LogP contribution >= 0.6 is 24.0 Å². The van der Waals surface area contributed by atoms with Gasteiger partial charge in [-0.2, -0.15) is 0 Å². The normalized spacial score (nSPS) is 18.6. The third-order valence-electron chi connectivity index (χ3n) is 3.32. The zero-order chi connectivity index (χ0) is 13.8. The molecule has 1 atom stereocenters. The second-order valence-corrected chi connectivity index (χ2v) is 5.08. The lowest BCUT2D eigenvalue weighted by molar-refractivity contribution is -0.117. The largest absolute Gasteiger partial charge is 0.329 e. The smallest absolute Gasteiger partial charge is 0.238 e. The molecule has 1 amide bonds. The molecule has 0 radical (unpaired) electrons. The maximum Gasteiger partial charge on any atom is 0.238 e. The van der Waals surface area contributed by atoms with Gasteiger partial charge in [0.05, 0.1) is 17.3 Å². The van der Waals surface area contributed by atoms with Gasteiger partial charge in [-0.3, -0.25) is 9.69 Å². The zero-order valence-electron chi connectivity index (χ0n) is 10.9. The Balaban J connectivity index is 0.00000200. The summed E-state index contributed by atoms with van der Waals surface area (Å²) in [6, 6.07) is 4.17. The number of amides is 1. The van der Waals surface area contributed by atoms with Crippen molar-refractivity contribution in [2.75, 3.05) is 25.0 Å². The van der Waals surface area contributed by atoms with Crippen LogP contribution in [0.25, 0.3) is 0 Å². The number of carbonyl (C=O) groups is 1. The molecule has 3 N–H and O–H groups in total. The molecule has 0 saturated carbocycles. The van der Waals surface area contributed by atoms with Crippen molar-refractivity contribution in [3.63, 3.8) is 0 Å². The number of hydrogen-bond acceptors (Lipinski definition) is 3. The molecule has 1 aromatic rings. The first-order valence-corrected chi connectivity index (χ1v) is 6.67. The van der Waals surface area contributed by atoms with Crippen molar-refractivity contribution in [3.8, 4) is 0 Å². The van der Waals surface area contributed by atoms with E-state index in [-0.39, 0.29) is 35.9 Å². The van der Waals surface area contributed by atoms with Crippen LogP contribution in [0.15, 0.2) is 18.2 Å². The van der Waals surface area contributed by atoms with Crippen molar-refractivity contribution in [1.29, 1.82) is 0 Å². The van der Waals surface area contributed by atoms with E-state index in [1.807, 2.05) is 0 Å². The first-order valence-electron chi connectivity index (χ1n) is 6.29. The lowest BCUT2D eigenvalue weighted by Gasteiger charge is -2.22. The summed E-state index contributed by atoms with van der Waals surface area (Å²) in [6.07, 6.45) is 2.09. The van der Waals surface area contributed by atoms with E-state index < -0.39 is 5.82 Å². The van der Waals surface area contributed by atoms with Crippen molar-refractivity contribution in [2.45, 2.75) is 18.9 Å². The summed E-state index contributed by atoms with van der Waals surface area (Å²) in [5.74, 6) is -0.584. The van der Waals surface area contributed by atoms with Gasteiger partial charge in [-0.1, -0.05) is 11.6 Å². The molecule has 0 aromatic heterocycles. The monoisotopic (exact) mass is 321 g/mol. The first-order chi connectivity index (χ1) is 9.10. The molecule has 1 aromatic carbocycles. The highest BCUT2D eigenvalue weighted by Crippen LogP contribution is 2.22. The van der Waals surface area contributed by atoms with E-state index in [4.69, 9.17) is 17.3 Å². The summed E-state index contributed by atoms with van der Waals surface area (Å²) in [4.78, 5) is 14.0. The van der Waals surface area contributed by atoms with Crippen LogP contribution < -0.4 is 11.1 Å². The SMILES string of the molecule is Cl.NCC1CCCN1CC(=O)Nc1ccc(F)cc1Cl. The van der Waals surface area contributed by atoms with Crippen molar-refractivity contribution in [3.05, 3.63) is 29.0 Å². The van der Waals surface area contributed by atoms with Gasteiger partial charge in [0, 0.05) is 12.6 Å². The molecule has 1 aliphatic rings. The Labute approximate surface area is 128 Å². The second-order valence-electron chi connectivity index (χ2n) is 4.67. The van der Waals surface area contributed by atoms with Gasteiger partial charge in [0.2, 0.25) is 5.91 Å². The highest BCUT2D eigenvalue weighted by molar-refractivity contribution is 6.33. The van der Waals surface area contributed by atoms with Gasteiger partial charge < -0.3 is 11.1 Å². The molecule has 20 heavy (non-hydrogen) atoms. The molecule has 1 unspecified atom stereocenters. The molecule has 1 aliphatic heterocycles. The van der Waals surface area contributed by atoms with Crippen LogP contribution in [0.2, 0.25) is 5.02 Å². The van der Waals surface area contributed by atoms with Crippen molar-refractivity contribution >= 4 is 35.6 Å². The van der Waals surface area contributed by atoms with Crippen LogP contribution in [0.3, 0.4) is 0 Å². The van der Waals surface area contributed by atoms with Gasteiger partial charge in [-0.15, -0.1) is 12.4 Å². The van der Waals surface area contributed by atoms with E-state index in [0.29, 0.717) is 12.2 Å². The van der Waals surface area contributed by atoms with Crippen molar-refractivity contribution in [1.82, 2.24) is 4.90 Å². The molecule has 1 saturated heterocycles. The molecular formula is C13H18Cl2FN3O. The number of likely N-dealkylation sites (tertiary alicyclic amines) is 1. The fourth-order valence-corrected chi connectivity index (χ4v) is 2.55. The van der Waals surface area contributed by atoms with Gasteiger partial charge in [-0.05, 0) is 37.6 Å². The van der Waals surface area contributed by atoms with Crippen LogP contribution in [0.4, 0.5) is 10.1 Å². The molecule has 112 valence electrons. The lowest BCUT2D eigenvalue weighted by atomic mass is 10.2. The Morgan fingerprint density at radius 2 is 2.30 bits per heavy atom. The van der Waals surface area contributed by atoms with Crippen LogP contribution in [0.5, 0.6) is 0 Å². The summed E-state index contributed by atoms with van der Waals surface area (Å²) in [5.41, 5.74) is 6.08. The lowest BCUT2D eigenvalue weighted by Crippen LogP contribution is -2.40. The third-order valence-corrected chi connectivity index (χ3v) is 3.64. The van der Waals surface area contributed by atoms with Gasteiger partial charge in [0.15, 0.2) is 0 Å². The number of nitrogens with zero attached hydrogens (tertiary/aromatic N) is 1. The van der Waals surface area contributed by atoms with E-state index in [1.54, 1.807) is 0 Å². The number of hydrogen-bond donors (Lipinski definition) is 2. The maximum absolute atomic E-state index is 12.9. The van der Waals surface area contributed by atoms with Crippen LogP contribution in [-0.2, 0) is 4.79 Å². The molecule has 0 spiro atoms. The summed E-state index contributed by atoms with van der Waals surface area (Å²) < 4.78 is 12.9. The number of halogens is 3. The minimum Gasteiger partial charge on any atom is -0.329 e. The van der Waals surface area contributed by atoms with Crippen LogP contribution in [-0.4, -0.2) is 36.5 Å². The number of carbonyl (C=O) groups excluding carboxylic acids is 1. The predicted octanol–water partition coefficient (Wildman–Crippen LogP) is 2.26. The van der Waals surface area contributed by atoms with Crippen molar-refractivity contribution < 1.29 is 9.18 Å². The molecule has 1 heterocycles. The Morgan fingerprint density at radius 3 is 2.95 bits per heavy atom. The Morgan fingerprint density at radius 1 is 1.55 bits per heavy atom. The predicted molar refractivity (Wildman–Crippen MR) is 80.9 cm³/mol. The van der Waals surface area contributed by atoms with E-state index >= 15 is 0 Å². The number of anilines is 1. The molecule has 7 heteroatoms. The van der Waals surface area contributed by atoms with Gasteiger partial charge in [0.1, 0.15) is 5.82 Å². The average molecular weight is 322 g/mol. The highest BCUT2D eigenvalue weighted by Gasteiger charge is 2.24. The van der Waals surface area contributed by atoms with Gasteiger partial charge >= 0.3 is 0 Å². The molecule has 0 bridgehead atoms. The number of benzene rings is 1. The number of nitrogens with two attached hydrogens (primary N) is 1. The Kier molecular flexibility index (Phi) is 6.68. The quantitative estimate of drug-likeness (QED) is 0.894. The minimum atomic E-state index is -0.425. The molecule has 2 rings (SSSR count). The summed E-state index contributed by atoms with van der Waals surface area (Å²) in [6.45, 7) is 1.73. The molecule has 0 aliphatic carbocycles. The molecular weight excluding hydrogens is 304 g/mol. The summed E-state index contributed by atoms with van der Waals surface area (Å²) >= 11 is 5.86. The van der Waals surface area contributed by atoms with E-state index in [0.717, 1.165) is 19.4 Å². The van der Waals surface area contributed by atoms with E-state index in [2.05, 4.69) is 10.2 Å². The minimum absolute atomic E-state index is 0. The second kappa shape index (κ2) is 7.78. The maximum atomic E-state index is 12.9. The highest BCUT2D eigenvalue weighted by atomic mass is 35.5. The Hall–Kier alpha value is -0.880. The van der Waals surface area contributed by atoms with Crippen molar-refractivity contribution in [2.24, 2.45) is 5.73 Å². The van der Waals surface area contributed by atoms with Crippen LogP contribution in [0.1, 0.15) is 12.8 Å². The zero-order valence-corrected chi connectivity index (χ0v) is 12.5. The standard InChI is InChI=1S/C13H17ClFN3O.ClH/c14-11-6-9(15)3-4-12(11)17-13(19)8-18-5-1-2-10(18)7-16;/h3-4,6,10H,1-2,5,7-8,16H2,(H,17,19);1H. The Bertz CT molecular complexity index is 473. The average Bonchev–Trinajstić information content (AvgIpc) is 2.80. The van der Waals surface area contributed by atoms with Gasteiger partial charge in [-0.25, -0.2) is 4.39 Å². The third kappa shape index (κ3) is 4.31. The fraction of sp³-hybridized carbons (Fsp3) is 0.462. The van der Waals surface area contributed by atoms with E-state index in [9.17, 15) is 9.18 Å². The van der Waals surface area contributed by atoms with Gasteiger partial charge in [0.25, 0.3) is 0 Å². The fourth-order valence-electron chi connectivity index (χ4n) is 2.34. The molecule has 4 nitrogen and oxygen atoms in total. The van der Waals surface area contributed by atoms with Crippen LogP contribution in [0, 0.1) is 5.82 Å².